The van der Waals surface area contributed by atoms with Crippen LogP contribution >= 0.6 is 0 Å². The number of methoxy groups -OCH3 is 4. The van der Waals surface area contributed by atoms with Gasteiger partial charge in [-0.25, -0.2) is 0 Å². The van der Waals surface area contributed by atoms with E-state index >= 15 is 0 Å². The maximum atomic E-state index is 14.0. The van der Waals surface area contributed by atoms with Crippen LogP contribution in [0.25, 0.3) is 0 Å². The maximum Gasteiger partial charge on any atom is 0.250 e. The summed E-state index contributed by atoms with van der Waals surface area (Å²) in [5.74, 6) is 2.98. The summed E-state index contributed by atoms with van der Waals surface area (Å²) in [7, 11) is 6.35. The van der Waals surface area contributed by atoms with E-state index in [4.69, 9.17) is 18.9 Å². The van der Waals surface area contributed by atoms with Gasteiger partial charge in [0.1, 0.15) is 12.6 Å². The summed E-state index contributed by atoms with van der Waals surface area (Å²) in [6.07, 6.45) is 4.60. The molecule has 0 aromatic heterocycles. The molecule has 1 heterocycles. The van der Waals surface area contributed by atoms with Crippen LogP contribution in [0.1, 0.15) is 49.8 Å². The molecule has 2 aliphatic rings. The highest BCUT2D eigenvalue weighted by Gasteiger charge is 2.43. The molecule has 0 radical (unpaired) electrons. The molecule has 2 aromatic carbocycles. The second-order valence-corrected chi connectivity index (χ2v) is 9.92. The molecule has 0 unspecified atom stereocenters. The van der Waals surface area contributed by atoms with Crippen LogP contribution in [0.4, 0.5) is 0 Å². The predicted molar refractivity (Wildman–Crippen MR) is 140 cm³/mol. The summed E-state index contributed by atoms with van der Waals surface area (Å²) in [6, 6.07) is 10.6. The Morgan fingerprint density at radius 3 is 2.00 bits per heavy atom. The number of rotatable bonds is 9. The molecule has 1 saturated heterocycles. The van der Waals surface area contributed by atoms with Crippen LogP contribution in [-0.4, -0.2) is 69.2 Å². The fourth-order valence-electron chi connectivity index (χ4n) is 5.50. The molecule has 0 bridgehead atoms. The zero-order valence-electron chi connectivity index (χ0n) is 22.5. The minimum Gasteiger partial charge on any atom is -0.493 e. The molecule has 200 valence electrons. The molecule has 2 amide bonds. The van der Waals surface area contributed by atoms with Crippen molar-refractivity contribution >= 4 is 11.8 Å². The number of amides is 2. The number of nitrogens with zero attached hydrogens (tertiary/aromatic N) is 2. The second kappa shape index (κ2) is 11.8. The van der Waals surface area contributed by atoms with E-state index in [1.54, 1.807) is 39.4 Å². The Morgan fingerprint density at radius 2 is 1.38 bits per heavy atom. The van der Waals surface area contributed by atoms with Crippen LogP contribution in [0, 0.1) is 5.92 Å². The Labute approximate surface area is 219 Å². The van der Waals surface area contributed by atoms with E-state index in [0.29, 0.717) is 41.9 Å². The van der Waals surface area contributed by atoms with E-state index < -0.39 is 6.04 Å². The number of benzene rings is 2. The third kappa shape index (κ3) is 5.63. The van der Waals surface area contributed by atoms with E-state index in [1.807, 2.05) is 35.2 Å². The first-order valence-corrected chi connectivity index (χ1v) is 12.9. The van der Waals surface area contributed by atoms with Gasteiger partial charge in [-0.05, 0) is 73.4 Å². The van der Waals surface area contributed by atoms with Gasteiger partial charge < -0.3 is 28.7 Å². The average molecular weight is 511 g/mol. The molecule has 8 nitrogen and oxygen atoms in total. The first-order chi connectivity index (χ1) is 17.9. The van der Waals surface area contributed by atoms with E-state index in [-0.39, 0.29) is 24.4 Å². The second-order valence-electron chi connectivity index (χ2n) is 9.92. The highest BCUT2D eigenvalue weighted by molar-refractivity contribution is 5.96. The van der Waals surface area contributed by atoms with Crippen LogP contribution in [0.15, 0.2) is 36.4 Å². The average Bonchev–Trinajstić information content (AvgIpc) is 2.93. The van der Waals surface area contributed by atoms with Crippen LogP contribution in [0.3, 0.4) is 0 Å². The summed E-state index contributed by atoms with van der Waals surface area (Å²) in [4.78, 5) is 31.2. The Morgan fingerprint density at radius 1 is 0.784 bits per heavy atom. The zero-order valence-corrected chi connectivity index (χ0v) is 22.5. The Hall–Kier alpha value is -3.42. The van der Waals surface area contributed by atoms with Gasteiger partial charge in [0.25, 0.3) is 5.91 Å². The largest absolute Gasteiger partial charge is 0.493 e. The minimum absolute atomic E-state index is 0.0290. The lowest BCUT2D eigenvalue weighted by atomic mass is 9.85. The summed E-state index contributed by atoms with van der Waals surface area (Å²) >= 11 is 0. The monoisotopic (exact) mass is 510 g/mol. The van der Waals surface area contributed by atoms with Crippen molar-refractivity contribution < 1.29 is 28.5 Å². The molecule has 37 heavy (non-hydrogen) atoms. The van der Waals surface area contributed by atoms with Gasteiger partial charge in [-0.2, -0.15) is 0 Å². The van der Waals surface area contributed by atoms with E-state index in [9.17, 15) is 9.59 Å². The molecule has 1 aliphatic heterocycles. The van der Waals surface area contributed by atoms with E-state index in [2.05, 4.69) is 6.92 Å². The standard InChI is InChI=1S/C29H38N2O6/c1-19-6-10-22(11-7-19)31-18-27(32)30(15-14-20-8-12-23(34-2)25(16-20)36-4)28(29(31)33)21-9-13-24(35-3)26(17-21)37-5/h8-9,12-13,16-17,19,22,28H,6-7,10-11,14-15,18H2,1-5H3/t19?,22?,28-/m0/s1. The fraction of sp³-hybridized carbons (Fsp3) is 0.517. The lowest BCUT2D eigenvalue weighted by Crippen LogP contribution is -2.59. The number of carbonyl (C=O) groups is 2. The van der Waals surface area contributed by atoms with Gasteiger partial charge in [0.05, 0.1) is 28.4 Å². The van der Waals surface area contributed by atoms with Crippen molar-refractivity contribution in [3.05, 3.63) is 47.5 Å². The summed E-state index contributed by atoms with van der Waals surface area (Å²) < 4.78 is 21.7. The van der Waals surface area contributed by atoms with Crippen molar-refractivity contribution in [2.75, 3.05) is 41.5 Å². The number of piperazine rings is 1. The van der Waals surface area contributed by atoms with Gasteiger partial charge >= 0.3 is 0 Å². The molecule has 1 aliphatic carbocycles. The molecule has 8 heteroatoms. The fourth-order valence-corrected chi connectivity index (χ4v) is 5.50. The lowest BCUT2D eigenvalue weighted by molar-refractivity contribution is -0.159. The van der Waals surface area contributed by atoms with E-state index in [0.717, 1.165) is 36.8 Å². The molecule has 1 atom stereocenters. The Bertz CT molecular complexity index is 1110. The predicted octanol–water partition coefficient (Wildman–Crippen LogP) is 4.25. The van der Waals surface area contributed by atoms with Gasteiger partial charge in [0, 0.05) is 12.6 Å². The van der Waals surface area contributed by atoms with Gasteiger partial charge in [-0.3, -0.25) is 9.59 Å². The minimum atomic E-state index is -0.722. The van der Waals surface area contributed by atoms with Gasteiger partial charge in [-0.1, -0.05) is 19.1 Å². The molecule has 2 fully saturated rings. The summed E-state index contributed by atoms with van der Waals surface area (Å²) in [5, 5.41) is 0. The topological polar surface area (TPSA) is 77.5 Å². The third-order valence-electron chi connectivity index (χ3n) is 7.69. The molecular formula is C29H38N2O6. The van der Waals surface area contributed by atoms with Crippen molar-refractivity contribution in [2.24, 2.45) is 5.92 Å². The van der Waals surface area contributed by atoms with Crippen molar-refractivity contribution in [3.8, 4) is 23.0 Å². The Kier molecular flexibility index (Phi) is 8.46. The van der Waals surface area contributed by atoms with Crippen molar-refractivity contribution in [1.29, 1.82) is 0 Å². The van der Waals surface area contributed by atoms with Crippen molar-refractivity contribution in [2.45, 2.75) is 51.1 Å². The van der Waals surface area contributed by atoms with Crippen molar-refractivity contribution in [3.63, 3.8) is 0 Å². The third-order valence-corrected chi connectivity index (χ3v) is 7.69. The van der Waals surface area contributed by atoms with Gasteiger partial charge in [0.15, 0.2) is 23.0 Å². The SMILES string of the molecule is COc1ccc(CCN2C(=O)CN(C3CCC(C)CC3)C(=O)[C@@H]2c2ccc(OC)c(OC)c2)cc1OC. The number of ether oxygens (including phenoxy) is 4. The highest BCUT2D eigenvalue weighted by atomic mass is 16.5. The lowest BCUT2D eigenvalue weighted by Gasteiger charge is -2.45. The smallest absolute Gasteiger partial charge is 0.250 e. The number of hydrogen-bond acceptors (Lipinski definition) is 6. The molecule has 1 saturated carbocycles. The quantitative estimate of drug-likeness (QED) is 0.502. The molecule has 0 spiro atoms. The normalized spacial score (nSPS) is 22.1. The highest BCUT2D eigenvalue weighted by Crippen LogP contribution is 2.37. The van der Waals surface area contributed by atoms with Crippen molar-refractivity contribution in [1.82, 2.24) is 9.80 Å². The first kappa shape index (κ1) is 26.6. The van der Waals surface area contributed by atoms with Gasteiger partial charge in [0.2, 0.25) is 5.91 Å². The number of hydrogen-bond donors (Lipinski definition) is 0. The maximum absolute atomic E-state index is 14.0. The van der Waals surface area contributed by atoms with Crippen LogP contribution < -0.4 is 18.9 Å². The molecule has 2 aromatic rings. The van der Waals surface area contributed by atoms with Crippen LogP contribution in [-0.2, 0) is 16.0 Å². The van der Waals surface area contributed by atoms with Crippen LogP contribution in [0.2, 0.25) is 0 Å². The van der Waals surface area contributed by atoms with Crippen LogP contribution in [0.5, 0.6) is 23.0 Å². The first-order valence-electron chi connectivity index (χ1n) is 12.9. The summed E-state index contributed by atoms with van der Waals surface area (Å²) in [5.41, 5.74) is 1.71. The zero-order chi connectivity index (χ0) is 26.5. The molecule has 4 rings (SSSR count). The number of carbonyl (C=O) groups excluding carboxylic acids is 2. The summed E-state index contributed by atoms with van der Waals surface area (Å²) in [6.45, 7) is 2.77. The molecule has 0 N–H and O–H groups in total. The van der Waals surface area contributed by atoms with Gasteiger partial charge in [-0.15, -0.1) is 0 Å². The van der Waals surface area contributed by atoms with E-state index in [1.165, 1.54) is 0 Å². The molecular weight excluding hydrogens is 472 g/mol. The Balaban J connectivity index is 1.64.